The summed E-state index contributed by atoms with van der Waals surface area (Å²) in [4.78, 5) is 1.08. The van der Waals surface area contributed by atoms with E-state index in [-0.39, 0.29) is 6.04 Å². The zero-order valence-corrected chi connectivity index (χ0v) is 11.4. The second-order valence-corrected chi connectivity index (χ2v) is 5.40. The lowest BCUT2D eigenvalue weighted by Crippen LogP contribution is -2.15. The van der Waals surface area contributed by atoms with Gasteiger partial charge in [0, 0.05) is 10.3 Å². The first-order valence-electron chi connectivity index (χ1n) is 5.68. The molecule has 0 aliphatic heterocycles. The average Bonchev–Trinajstić information content (AvgIpc) is 2.97. The molecule has 0 bridgehead atoms. The van der Waals surface area contributed by atoms with Crippen LogP contribution in [0.5, 0.6) is 0 Å². The van der Waals surface area contributed by atoms with Crippen molar-refractivity contribution in [1.82, 2.24) is 5.32 Å². The van der Waals surface area contributed by atoms with Crippen LogP contribution in [0, 0.1) is 0 Å². The molecule has 2 aromatic heterocycles. The maximum atomic E-state index is 6.19. The SMILES string of the molecule is CNC(c1cc2ccccc2o1)c1sccc1Cl. The number of para-hydroxylation sites is 1. The number of benzene rings is 1. The van der Waals surface area contributed by atoms with Gasteiger partial charge in [-0.3, -0.25) is 0 Å². The Hall–Kier alpha value is -1.29. The van der Waals surface area contributed by atoms with Gasteiger partial charge >= 0.3 is 0 Å². The number of thiophene rings is 1. The van der Waals surface area contributed by atoms with Gasteiger partial charge in [-0.25, -0.2) is 0 Å². The van der Waals surface area contributed by atoms with Crippen LogP contribution < -0.4 is 5.32 Å². The molecule has 1 unspecified atom stereocenters. The van der Waals surface area contributed by atoms with E-state index in [2.05, 4.69) is 11.4 Å². The number of hydrogen-bond donors (Lipinski definition) is 1. The highest BCUT2D eigenvalue weighted by Gasteiger charge is 2.20. The Balaban J connectivity index is 2.09. The summed E-state index contributed by atoms with van der Waals surface area (Å²) < 4.78 is 5.89. The van der Waals surface area contributed by atoms with Crippen molar-refractivity contribution in [3.63, 3.8) is 0 Å². The minimum absolute atomic E-state index is 0.00454. The van der Waals surface area contributed by atoms with E-state index in [0.717, 1.165) is 26.6 Å². The van der Waals surface area contributed by atoms with Crippen LogP contribution >= 0.6 is 22.9 Å². The van der Waals surface area contributed by atoms with Gasteiger partial charge in [0.05, 0.1) is 5.02 Å². The summed E-state index contributed by atoms with van der Waals surface area (Å²) in [6.45, 7) is 0. The number of rotatable bonds is 3. The van der Waals surface area contributed by atoms with Gasteiger partial charge in [0.15, 0.2) is 0 Å². The van der Waals surface area contributed by atoms with E-state index in [9.17, 15) is 0 Å². The topological polar surface area (TPSA) is 25.2 Å². The normalized spacial score (nSPS) is 13.0. The van der Waals surface area contributed by atoms with Gasteiger partial charge in [-0.05, 0) is 30.6 Å². The summed E-state index contributed by atoms with van der Waals surface area (Å²) in [7, 11) is 1.91. The maximum Gasteiger partial charge on any atom is 0.134 e. The van der Waals surface area contributed by atoms with E-state index < -0.39 is 0 Å². The summed E-state index contributed by atoms with van der Waals surface area (Å²) >= 11 is 7.82. The van der Waals surface area contributed by atoms with Crippen LogP contribution in [-0.4, -0.2) is 7.05 Å². The van der Waals surface area contributed by atoms with Gasteiger partial charge in [0.1, 0.15) is 17.4 Å². The highest BCUT2D eigenvalue weighted by Crippen LogP contribution is 2.34. The highest BCUT2D eigenvalue weighted by atomic mass is 35.5. The lowest BCUT2D eigenvalue weighted by atomic mass is 10.1. The summed E-state index contributed by atoms with van der Waals surface area (Å²) in [5.74, 6) is 0.892. The van der Waals surface area contributed by atoms with Crippen LogP contribution in [0.3, 0.4) is 0 Å². The summed E-state index contributed by atoms with van der Waals surface area (Å²) in [5, 5.41) is 7.13. The fourth-order valence-corrected chi connectivity index (χ4v) is 3.34. The van der Waals surface area contributed by atoms with Crippen molar-refractivity contribution in [3.8, 4) is 0 Å². The summed E-state index contributed by atoms with van der Waals surface area (Å²) in [6.07, 6.45) is 0. The minimum Gasteiger partial charge on any atom is -0.459 e. The number of fused-ring (bicyclic) bond motifs is 1. The van der Waals surface area contributed by atoms with E-state index in [1.807, 2.05) is 42.8 Å². The lowest BCUT2D eigenvalue weighted by molar-refractivity contribution is 0.495. The number of halogens is 1. The number of nitrogens with one attached hydrogen (secondary N) is 1. The third kappa shape index (κ3) is 1.94. The second-order valence-electron chi connectivity index (χ2n) is 4.04. The zero-order valence-electron chi connectivity index (χ0n) is 9.81. The third-order valence-electron chi connectivity index (χ3n) is 2.92. The third-order valence-corrected chi connectivity index (χ3v) is 4.35. The molecule has 0 fully saturated rings. The van der Waals surface area contributed by atoms with Crippen molar-refractivity contribution in [2.45, 2.75) is 6.04 Å². The van der Waals surface area contributed by atoms with Gasteiger partial charge in [-0.15, -0.1) is 11.3 Å². The van der Waals surface area contributed by atoms with Crippen LogP contribution in [0.1, 0.15) is 16.7 Å². The first-order valence-corrected chi connectivity index (χ1v) is 6.94. The molecule has 1 N–H and O–H groups in total. The molecule has 92 valence electrons. The van der Waals surface area contributed by atoms with Gasteiger partial charge in [0.2, 0.25) is 0 Å². The van der Waals surface area contributed by atoms with E-state index in [0.29, 0.717) is 0 Å². The van der Waals surface area contributed by atoms with Crippen molar-refractivity contribution in [2.75, 3.05) is 7.05 Å². The van der Waals surface area contributed by atoms with Crippen LogP contribution in [0.2, 0.25) is 5.02 Å². The maximum absolute atomic E-state index is 6.19. The summed E-state index contributed by atoms with van der Waals surface area (Å²) in [5.41, 5.74) is 0.903. The van der Waals surface area contributed by atoms with E-state index in [4.69, 9.17) is 16.0 Å². The Kier molecular flexibility index (Phi) is 3.12. The quantitative estimate of drug-likeness (QED) is 0.765. The van der Waals surface area contributed by atoms with Crippen molar-refractivity contribution < 1.29 is 4.42 Å². The second kappa shape index (κ2) is 4.76. The van der Waals surface area contributed by atoms with E-state index in [1.165, 1.54) is 0 Å². The van der Waals surface area contributed by atoms with Crippen LogP contribution in [-0.2, 0) is 0 Å². The van der Waals surface area contributed by atoms with Gasteiger partial charge in [0.25, 0.3) is 0 Å². The Morgan fingerprint density at radius 3 is 2.78 bits per heavy atom. The molecule has 0 aliphatic rings. The van der Waals surface area contributed by atoms with E-state index in [1.54, 1.807) is 11.3 Å². The summed E-state index contributed by atoms with van der Waals surface area (Å²) in [6, 6.07) is 12.0. The minimum atomic E-state index is 0.00454. The van der Waals surface area contributed by atoms with Gasteiger partial charge < -0.3 is 9.73 Å². The van der Waals surface area contributed by atoms with Crippen LogP contribution in [0.4, 0.5) is 0 Å². The van der Waals surface area contributed by atoms with Crippen molar-refractivity contribution in [1.29, 1.82) is 0 Å². The largest absolute Gasteiger partial charge is 0.459 e. The van der Waals surface area contributed by atoms with Gasteiger partial charge in [-0.2, -0.15) is 0 Å². The zero-order chi connectivity index (χ0) is 12.5. The molecule has 18 heavy (non-hydrogen) atoms. The van der Waals surface area contributed by atoms with Crippen molar-refractivity contribution in [3.05, 3.63) is 57.4 Å². The Labute approximate surface area is 114 Å². The molecule has 0 amide bonds. The first-order chi connectivity index (χ1) is 8.79. The molecule has 2 heterocycles. The first kappa shape index (κ1) is 11.8. The van der Waals surface area contributed by atoms with Crippen LogP contribution in [0.15, 0.2) is 46.2 Å². The molecule has 1 aromatic carbocycles. The molecule has 0 radical (unpaired) electrons. The Bertz CT molecular complexity index is 640. The lowest BCUT2D eigenvalue weighted by Gasteiger charge is -2.11. The average molecular weight is 278 g/mol. The molecule has 1 atom stereocenters. The molecular weight excluding hydrogens is 266 g/mol. The molecular formula is C14H12ClNOS. The number of hydrogen-bond acceptors (Lipinski definition) is 3. The van der Waals surface area contributed by atoms with Crippen LogP contribution in [0.25, 0.3) is 11.0 Å². The molecule has 0 spiro atoms. The molecule has 0 saturated carbocycles. The molecule has 3 rings (SSSR count). The fraction of sp³-hybridized carbons (Fsp3) is 0.143. The monoisotopic (exact) mass is 277 g/mol. The molecule has 3 aromatic rings. The molecule has 4 heteroatoms. The molecule has 0 saturated heterocycles. The highest BCUT2D eigenvalue weighted by molar-refractivity contribution is 7.10. The fourth-order valence-electron chi connectivity index (χ4n) is 2.06. The molecule has 2 nitrogen and oxygen atoms in total. The van der Waals surface area contributed by atoms with E-state index >= 15 is 0 Å². The predicted molar refractivity (Wildman–Crippen MR) is 76.4 cm³/mol. The predicted octanol–water partition coefficient (Wildman–Crippen LogP) is 4.46. The number of furan rings is 1. The standard InChI is InChI=1S/C14H12ClNOS/c1-16-13(14-10(15)6-7-18-14)12-8-9-4-2-3-5-11(9)17-12/h2-8,13,16H,1H3. The smallest absolute Gasteiger partial charge is 0.134 e. The van der Waals surface area contributed by atoms with Crippen molar-refractivity contribution in [2.24, 2.45) is 0 Å². The van der Waals surface area contributed by atoms with Crippen molar-refractivity contribution >= 4 is 33.9 Å². The Morgan fingerprint density at radius 2 is 2.11 bits per heavy atom. The van der Waals surface area contributed by atoms with Gasteiger partial charge in [-0.1, -0.05) is 29.8 Å². The Morgan fingerprint density at radius 1 is 1.28 bits per heavy atom. The molecule has 0 aliphatic carbocycles.